The maximum absolute atomic E-state index is 13.4. The van der Waals surface area contributed by atoms with Crippen molar-refractivity contribution in [3.8, 4) is 11.5 Å². The van der Waals surface area contributed by atoms with Crippen molar-refractivity contribution in [3.05, 3.63) is 58.1 Å². The molecule has 0 bridgehead atoms. The van der Waals surface area contributed by atoms with Gasteiger partial charge in [-0.25, -0.2) is 0 Å². The van der Waals surface area contributed by atoms with E-state index in [4.69, 9.17) is 0 Å². The summed E-state index contributed by atoms with van der Waals surface area (Å²) in [6.07, 6.45) is 1.85. The molecule has 2 aromatic carbocycles. The lowest BCUT2D eigenvalue weighted by molar-refractivity contribution is 0.0742. The lowest BCUT2D eigenvalue weighted by Crippen LogP contribution is -2.43. The second-order valence-corrected chi connectivity index (χ2v) is 9.60. The fourth-order valence-electron chi connectivity index (χ4n) is 4.75. The zero-order valence-electron chi connectivity index (χ0n) is 19.5. The minimum Gasteiger partial charge on any atom is -0.508 e. The Morgan fingerprint density at radius 2 is 1.72 bits per heavy atom. The summed E-state index contributed by atoms with van der Waals surface area (Å²) >= 11 is 0. The van der Waals surface area contributed by atoms with Gasteiger partial charge in [0.1, 0.15) is 11.5 Å². The average Bonchev–Trinajstić information content (AvgIpc) is 2.97. The van der Waals surface area contributed by atoms with E-state index in [0.29, 0.717) is 18.7 Å². The van der Waals surface area contributed by atoms with Crippen LogP contribution < -0.4 is 0 Å². The largest absolute Gasteiger partial charge is 0.508 e. The van der Waals surface area contributed by atoms with Gasteiger partial charge in [0.15, 0.2) is 0 Å². The molecule has 6 nitrogen and oxygen atoms in total. The number of likely N-dealkylation sites (N-methyl/N-ethyl adjacent to an activating group) is 1. The molecule has 1 saturated heterocycles. The number of nitrogens with zero attached hydrogens (tertiary/aromatic N) is 3. The summed E-state index contributed by atoms with van der Waals surface area (Å²) in [5, 5.41) is 20.5. The van der Waals surface area contributed by atoms with E-state index in [1.54, 1.807) is 6.07 Å². The molecule has 0 aromatic heterocycles. The highest BCUT2D eigenvalue weighted by atomic mass is 16.3. The van der Waals surface area contributed by atoms with E-state index in [2.05, 4.69) is 35.0 Å². The topological polar surface area (TPSA) is 67.3 Å². The summed E-state index contributed by atoms with van der Waals surface area (Å²) in [5.41, 5.74) is 4.74. The molecule has 0 atom stereocenters. The number of hydrogen-bond donors (Lipinski definition) is 2. The average molecular weight is 438 g/mol. The molecule has 0 spiro atoms. The van der Waals surface area contributed by atoms with Gasteiger partial charge in [-0.1, -0.05) is 32.0 Å². The zero-order valence-corrected chi connectivity index (χ0v) is 19.5. The predicted octanol–water partition coefficient (Wildman–Crippen LogP) is 3.56. The van der Waals surface area contributed by atoms with Gasteiger partial charge in [0.2, 0.25) is 0 Å². The van der Waals surface area contributed by atoms with Crippen LogP contribution in [0.15, 0.2) is 30.3 Å². The quantitative estimate of drug-likeness (QED) is 0.766. The third kappa shape index (κ3) is 4.92. The first-order valence-corrected chi connectivity index (χ1v) is 11.7. The van der Waals surface area contributed by atoms with Crippen LogP contribution in [-0.4, -0.2) is 70.6 Å². The Balaban J connectivity index is 1.54. The van der Waals surface area contributed by atoms with Crippen molar-refractivity contribution in [2.45, 2.75) is 45.7 Å². The number of phenols is 2. The highest BCUT2D eigenvalue weighted by molar-refractivity contribution is 5.97. The Morgan fingerprint density at radius 1 is 0.969 bits per heavy atom. The number of fused-ring (bicyclic) bond motifs is 1. The number of carbonyl (C=O) groups is 1. The van der Waals surface area contributed by atoms with E-state index in [0.717, 1.165) is 45.6 Å². The maximum Gasteiger partial charge on any atom is 0.257 e. The molecule has 2 N–H and O–H groups in total. The van der Waals surface area contributed by atoms with Crippen molar-refractivity contribution < 1.29 is 15.0 Å². The summed E-state index contributed by atoms with van der Waals surface area (Å²) in [6.45, 7) is 10.4. The Hall–Kier alpha value is -2.57. The standard InChI is InChI=1S/C26H35N3O3/c1-18(2)22-14-23(25(31)15-24(22)30)26(32)29-8-4-5-20-7-6-19(13-21(20)17-29)16-28-11-9-27(3)10-12-28/h6-7,13-15,18,30-31H,4-5,8-12,16-17H2,1-3H3. The molecular weight excluding hydrogens is 402 g/mol. The number of phenolic OH excluding ortho intramolecular Hbond substituents is 2. The molecule has 32 heavy (non-hydrogen) atoms. The van der Waals surface area contributed by atoms with Crippen molar-refractivity contribution in [2.75, 3.05) is 39.8 Å². The van der Waals surface area contributed by atoms with Gasteiger partial charge in [0, 0.05) is 51.9 Å². The minimum absolute atomic E-state index is 0.0313. The molecule has 0 aliphatic carbocycles. The summed E-state index contributed by atoms with van der Waals surface area (Å²) in [6, 6.07) is 9.66. The van der Waals surface area contributed by atoms with Crippen LogP contribution in [0.25, 0.3) is 0 Å². The van der Waals surface area contributed by atoms with Gasteiger partial charge in [-0.15, -0.1) is 0 Å². The second-order valence-electron chi connectivity index (χ2n) is 9.60. The van der Waals surface area contributed by atoms with Gasteiger partial charge in [-0.2, -0.15) is 0 Å². The number of carbonyl (C=O) groups excluding carboxylic acids is 1. The number of piperazine rings is 1. The van der Waals surface area contributed by atoms with E-state index >= 15 is 0 Å². The van der Waals surface area contributed by atoms with Gasteiger partial charge in [-0.05, 0) is 54.1 Å². The molecule has 2 aliphatic rings. The van der Waals surface area contributed by atoms with Gasteiger partial charge in [0.25, 0.3) is 5.91 Å². The number of aryl methyl sites for hydroxylation is 1. The number of benzene rings is 2. The van der Waals surface area contributed by atoms with Crippen LogP contribution in [0, 0.1) is 0 Å². The normalized spacial score (nSPS) is 17.9. The van der Waals surface area contributed by atoms with Crippen LogP contribution in [0.1, 0.15) is 58.8 Å². The van der Waals surface area contributed by atoms with Gasteiger partial charge in [0.05, 0.1) is 5.56 Å². The number of hydrogen-bond acceptors (Lipinski definition) is 5. The Morgan fingerprint density at radius 3 is 2.44 bits per heavy atom. The third-order valence-corrected chi connectivity index (χ3v) is 6.79. The smallest absolute Gasteiger partial charge is 0.257 e. The second kappa shape index (κ2) is 9.51. The highest BCUT2D eigenvalue weighted by Gasteiger charge is 2.25. The first-order chi connectivity index (χ1) is 15.3. The summed E-state index contributed by atoms with van der Waals surface area (Å²) in [5.74, 6) is -0.250. The van der Waals surface area contributed by atoms with Crippen molar-refractivity contribution >= 4 is 5.91 Å². The molecule has 0 saturated carbocycles. The van der Waals surface area contributed by atoms with Crippen LogP contribution in [0.4, 0.5) is 0 Å². The van der Waals surface area contributed by atoms with E-state index in [1.165, 1.54) is 22.8 Å². The van der Waals surface area contributed by atoms with Crippen LogP contribution in [0.2, 0.25) is 0 Å². The zero-order chi connectivity index (χ0) is 22.8. The lowest BCUT2D eigenvalue weighted by Gasteiger charge is -2.32. The number of amides is 1. The van der Waals surface area contributed by atoms with Crippen molar-refractivity contribution in [1.82, 2.24) is 14.7 Å². The Kier molecular flexibility index (Phi) is 6.72. The maximum atomic E-state index is 13.4. The molecule has 0 unspecified atom stereocenters. The molecule has 1 amide bonds. The van der Waals surface area contributed by atoms with E-state index in [9.17, 15) is 15.0 Å². The minimum atomic E-state index is -0.179. The van der Waals surface area contributed by atoms with Gasteiger partial charge in [-0.3, -0.25) is 9.69 Å². The summed E-state index contributed by atoms with van der Waals surface area (Å²) < 4.78 is 0. The number of rotatable bonds is 4. The van der Waals surface area contributed by atoms with Gasteiger partial charge < -0.3 is 20.0 Å². The molecule has 2 aromatic rings. The van der Waals surface area contributed by atoms with Gasteiger partial charge >= 0.3 is 0 Å². The third-order valence-electron chi connectivity index (χ3n) is 6.79. The molecule has 6 heteroatoms. The Bertz CT molecular complexity index is 981. The molecular formula is C26H35N3O3. The fraction of sp³-hybridized carbons (Fsp3) is 0.500. The SMILES string of the molecule is CC(C)c1cc(C(=O)N2CCCc3ccc(CN4CCN(C)CC4)cc3C2)c(O)cc1O. The van der Waals surface area contributed by atoms with E-state index in [-0.39, 0.29) is 28.9 Å². The van der Waals surface area contributed by atoms with Crippen molar-refractivity contribution in [3.63, 3.8) is 0 Å². The van der Waals surface area contributed by atoms with Crippen LogP contribution in [-0.2, 0) is 19.5 Å². The molecule has 2 heterocycles. The molecule has 2 aliphatic heterocycles. The molecule has 4 rings (SSSR count). The molecule has 1 fully saturated rings. The first kappa shape index (κ1) is 22.6. The molecule has 0 radical (unpaired) electrons. The monoisotopic (exact) mass is 437 g/mol. The van der Waals surface area contributed by atoms with Crippen LogP contribution in [0.3, 0.4) is 0 Å². The van der Waals surface area contributed by atoms with Crippen LogP contribution in [0.5, 0.6) is 11.5 Å². The summed E-state index contributed by atoms with van der Waals surface area (Å²) in [4.78, 5) is 20.1. The number of aromatic hydroxyl groups is 2. The lowest BCUT2D eigenvalue weighted by atomic mass is 9.98. The predicted molar refractivity (Wildman–Crippen MR) is 126 cm³/mol. The molecule has 172 valence electrons. The summed E-state index contributed by atoms with van der Waals surface area (Å²) in [7, 11) is 2.17. The fourth-order valence-corrected chi connectivity index (χ4v) is 4.75. The van der Waals surface area contributed by atoms with E-state index < -0.39 is 0 Å². The highest BCUT2D eigenvalue weighted by Crippen LogP contribution is 2.33. The van der Waals surface area contributed by atoms with Crippen LogP contribution >= 0.6 is 0 Å². The first-order valence-electron chi connectivity index (χ1n) is 11.7. The van der Waals surface area contributed by atoms with E-state index in [1.807, 2.05) is 18.7 Å². The Labute approximate surface area is 191 Å². The van der Waals surface area contributed by atoms with Crippen molar-refractivity contribution in [2.24, 2.45) is 0 Å². The van der Waals surface area contributed by atoms with Crippen molar-refractivity contribution in [1.29, 1.82) is 0 Å².